The first kappa shape index (κ1) is 16.3. The molecule has 130 valence electrons. The molecule has 4 rings (SSSR count). The lowest BCUT2D eigenvalue weighted by Crippen LogP contribution is -2.54. The molecule has 2 aliphatic rings. The molecule has 0 spiro atoms. The third-order valence-corrected chi connectivity index (χ3v) is 5.48. The molecular formula is C22H25NO2. The fourth-order valence-electron chi connectivity index (χ4n) is 4.20. The lowest BCUT2D eigenvalue weighted by atomic mass is 9.89. The molecule has 2 fully saturated rings. The number of carbonyl (C=O) groups excluding carboxylic acids is 1. The van der Waals surface area contributed by atoms with Crippen molar-refractivity contribution in [3.63, 3.8) is 0 Å². The molecule has 0 N–H and O–H groups in total. The van der Waals surface area contributed by atoms with Gasteiger partial charge in [-0.1, -0.05) is 61.4 Å². The Hall–Kier alpha value is -2.13. The summed E-state index contributed by atoms with van der Waals surface area (Å²) in [5.41, 5.74) is 3.19. The Labute approximate surface area is 149 Å². The van der Waals surface area contributed by atoms with Gasteiger partial charge < -0.3 is 9.64 Å². The second-order valence-electron chi connectivity index (χ2n) is 7.08. The van der Waals surface area contributed by atoms with E-state index in [1.807, 2.05) is 36.4 Å². The molecule has 3 nitrogen and oxygen atoms in total. The average molecular weight is 335 g/mol. The Kier molecular flexibility index (Phi) is 4.84. The summed E-state index contributed by atoms with van der Waals surface area (Å²) >= 11 is 0. The van der Waals surface area contributed by atoms with E-state index in [1.54, 1.807) is 0 Å². The number of carbonyl (C=O) groups is 1. The molecule has 1 aliphatic carbocycles. The number of morpholine rings is 1. The van der Waals surface area contributed by atoms with E-state index in [9.17, 15) is 4.79 Å². The highest BCUT2D eigenvalue weighted by Crippen LogP contribution is 2.30. The van der Waals surface area contributed by atoms with Crippen LogP contribution in [0.4, 0.5) is 0 Å². The summed E-state index contributed by atoms with van der Waals surface area (Å²) in [6, 6.07) is 18.7. The zero-order valence-corrected chi connectivity index (χ0v) is 14.6. The van der Waals surface area contributed by atoms with Gasteiger partial charge in [-0.2, -0.15) is 0 Å². The van der Waals surface area contributed by atoms with Crippen LogP contribution < -0.4 is 0 Å². The first-order valence-electron chi connectivity index (χ1n) is 9.37. The van der Waals surface area contributed by atoms with Crippen molar-refractivity contribution in [2.45, 2.75) is 44.2 Å². The van der Waals surface area contributed by atoms with Gasteiger partial charge >= 0.3 is 0 Å². The van der Waals surface area contributed by atoms with E-state index in [4.69, 9.17) is 4.74 Å². The van der Waals surface area contributed by atoms with Gasteiger partial charge in [-0.05, 0) is 36.5 Å². The van der Waals surface area contributed by atoms with Crippen molar-refractivity contribution in [3.05, 3.63) is 71.3 Å². The van der Waals surface area contributed by atoms with E-state index in [0.29, 0.717) is 13.2 Å². The summed E-state index contributed by atoms with van der Waals surface area (Å²) in [6.07, 6.45) is 5.58. The van der Waals surface area contributed by atoms with Gasteiger partial charge in [0.05, 0.1) is 18.8 Å². The maximum atomic E-state index is 13.3. The van der Waals surface area contributed by atoms with Gasteiger partial charge in [0.2, 0.25) is 0 Å². The molecule has 1 amide bonds. The van der Waals surface area contributed by atoms with Gasteiger partial charge in [0.1, 0.15) is 0 Å². The molecule has 3 heteroatoms. The zero-order valence-electron chi connectivity index (χ0n) is 14.6. The second-order valence-corrected chi connectivity index (χ2v) is 7.08. The van der Waals surface area contributed by atoms with Crippen molar-refractivity contribution in [1.29, 1.82) is 0 Å². The molecule has 0 bridgehead atoms. The van der Waals surface area contributed by atoms with Gasteiger partial charge in [-0.3, -0.25) is 4.79 Å². The average Bonchev–Trinajstić information content (AvgIpc) is 2.68. The van der Waals surface area contributed by atoms with E-state index in [0.717, 1.165) is 30.4 Å². The minimum Gasteiger partial charge on any atom is -0.374 e. The van der Waals surface area contributed by atoms with Crippen molar-refractivity contribution >= 4 is 5.91 Å². The Morgan fingerprint density at radius 1 is 1.00 bits per heavy atom. The zero-order chi connectivity index (χ0) is 17.1. The SMILES string of the molecule is O=C(c1ccccc1Cc1ccccc1)N1CCO[C@H]2CCCC[C@H]21. The standard InChI is InChI=1S/C22H25NO2/c24-22(23-14-15-25-21-13-7-6-12-20(21)23)19-11-5-4-10-18(19)16-17-8-2-1-3-9-17/h1-5,8-11,20-21H,6-7,12-16H2/t20-,21+/m1/s1. The fourth-order valence-corrected chi connectivity index (χ4v) is 4.20. The predicted molar refractivity (Wildman–Crippen MR) is 98.7 cm³/mol. The van der Waals surface area contributed by atoms with Gasteiger partial charge in [-0.15, -0.1) is 0 Å². The predicted octanol–water partition coefficient (Wildman–Crippen LogP) is 4.06. The first-order valence-corrected chi connectivity index (χ1v) is 9.37. The molecule has 25 heavy (non-hydrogen) atoms. The summed E-state index contributed by atoms with van der Waals surface area (Å²) in [5.74, 6) is 0.173. The summed E-state index contributed by atoms with van der Waals surface area (Å²) < 4.78 is 5.93. The smallest absolute Gasteiger partial charge is 0.254 e. The molecule has 1 saturated carbocycles. The number of amides is 1. The summed E-state index contributed by atoms with van der Waals surface area (Å²) in [4.78, 5) is 15.4. The van der Waals surface area contributed by atoms with Crippen LogP contribution >= 0.6 is 0 Å². The Morgan fingerprint density at radius 3 is 2.64 bits per heavy atom. The molecule has 2 aromatic rings. The quantitative estimate of drug-likeness (QED) is 0.846. The van der Waals surface area contributed by atoms with E-state index in [2.05, 4.69) is 23.1 Å². The molecule has 2 aromatic carbocycles. The van der Waals surface area contributed by atoms with Crippen LogP contribution in [0.2, 0.25) is 0 Å². The number of fused-ring (bicyclic) bond motifs is 1. The highest BCUT2D eigenvalue weighted by Gasteiger charge is 2.37. The molecule has 1 aliphatic heterocycles. The van der Waals surface area contributed by atoms with E-state index >= 15 is 0 Å². The number of rotatable bonds is 3. The third kappa shape index (κ3) is 3.47. The van der Waals surface area contributed by atoms with Crippen LogP contribution in [0.5, 0.6) is 0 Å². The number of nitrogens with zero attached hydrogens (tertiary/aromatic N) is 1. The van der Waals surface area contributed by atoms with Crippen LogP contribution in [0.3, 0.4) is 0 Å². The third-order valence-electron chi connectivity index (χ3n) is 5.48. The minimum absolute atomic E-state index is 0.173. The van der Waals surface area contributed by atoms with Crippen LogP contribution in [0.1, 0.15) is 47.2 Å². The Balaban J connectivity index is 1.59. The Bertz CT molecular complexity index is 726. The Morgan fingerprint density at radius 2 is 1.76 bits per heavy atom. The number of hydrogen-bond acceptors (Lipinski definition) is 2. The molecule has 0 aromatic heterocycles. The van der Waals surface area contributed by atoms with Crippen LogP contribution in [0, 0.1) is 0 Å². The number of benzene rings is 2. The lowest BCUT2D eigenvalue weighted by Gasteiger charge is -2.44. The maximum absolute atomic E-state index is 13.3. The molecule has 0 unspecified atom stereocenters. The highest BCUT2D eigenvalue weighted by atomic mass is 16.5. The lowest BCUT2D eigenvalue weighted by molar-refractivity contribution is -0.0753. The van der Waals surface area contributed by atoms with Gasteiger partial charge in [-0.25, -0.2) is 0 Å². The van der Waals surface area contributed by atoms with E-state index in [1.165, 1.54) is 18.4 Å². The van der Waals surface area contributed by atoms with Crippen LogP contribution in [-0.2, 0) is 11.2 Å². The van der Waals surface area contributed by atoms with Crippen molar-refractivity contribution in [2.24, 2.45) is 0 Å². The second kappa shape index (κ2) is 7.40. The maximum Gasteiger partial charge on any atom is 0.254 e. The van der Waals surface area contributed by atoms with Crippen molar-refractivity contribution in [3.8, 4) is 0 Å². The number of ether oxygens (including phenoxy) is 1. The minimum atomic E-state index is 0.173. The van der Waals surface area contributed by atoms with Gasteiger partial charge in [0.15, 0.2) is 0 Å². The first-order chi connectivity index (χ1) is 12.3. The van der Waals surface area contributed by atoms with Crippen LogP contribution in [0.15, 0.2) is 54.6 Å². The van der Waals surface area contributed by atoms with Gasteiger partial charge in [0.25, 0.3) is 5.91 Å². The van der Waals surface area contributed by atoms with Crippen molar-refractivity contribution < 1.29 is 9.53 Å². The molecular weight excluding hydrogens is 310 g/mol. The largest absolute Gasteiger partial charge is 0.374 e. The molecule has 1 heterocycles. The summed E-state index contributed by atoms with van der Waals surface area (Å²) in [5, 5.41) is 0. The van der Waals surface area contributed by atoms with Gasteiger partial charge in [0, 0.05) is 12.1 Å². The van der Waals surface area contributed by atoms with Crippen LogP contribution in [-0.4, -0.2) is 36.1 Å². The fraction of sp³-hybridized carbons (Fsp3) is 0.409. The van der Waals surface area contributed by atoms with Crippen molar-refractivity contribution in [1.82, 2.24) is 4.90 Å². The number of hydrogen-bond donors (Lipinski definition) is 0. The molecule has 2 atom stereocenters. The van der Waals surface area contributed by atoms with Crippen LogP contribution in [0.25, 0.3) is 0 Å². The monoisotopic (exact) mass is 335 g/mol. The summed E-state index contributed by atoms with van der Waals surface area (Å²) in [7, 11) is 0. The van der Waals surface area contributed by atoms with E-state index < -0.39 is 0 Å². The molecule has 1 saturated heterocycles. The summed E-state index contributed by atoms with van der Waals surface area (Å²) in [6.45, 7) is 1.37. The highest BCUT2D eigenvalue weighted by molar-refractivity contribution is 5.96. The molecule has 0 radical (unpaired) electrons. The topological polar surface area (TPSA) is 29.5 Å². The van der Waals surface area contributed by atoms with Crippen molar-refractivity contribution in [2.75, 3.05) is 13.2 Å². The normalized spacial score (nSPS) is 23.1. The van der Waals surface area contributed by atoms with E-state index in [-0.39, 0.29) is 18.1 Å².